The van der Waals surface area contributed by atoms with Crippen LogP contribution in [0.15, 0.2) is 34.9 Å². The van der Waals surface area contributed by atoms with Crippen molar-refractivity contribution in [1.82, 2.24) is 24.4 Å². The average Bonchev–Trinajstić information content (AvgIpc) is 3.35. The zero-order chi connectivity index (χ0) is 19.3. The summed E-state index contributed by atoms with van der Waals surface area (Å²) in [5.74, 6) is 2.03. The van der Waals surface area contributed by atoms with Crippen molar-refractivity contribution in [3.8, 4) is 11.4 Å². The molecule has 0 spiro atoms. The first-order valence-corrected chi connectivity index (χ1v) is 10.2. The third kappa shape index (κ3) is 4.37. The SMILES string of the molecule is COC(C)c1noc(CN2CCCN(c3nc(-c4ccccc4)ns3)CC2)n1. The van der Waals surface area contributed by atoms with Crippen LogP contribution in [0.5, 0.6) is 0 Å². The van der Waals surface area contributed by atoms with E-state index in [2.05, 4.69) is 24.3 Å². The van der Waals surface area contributed by atoms with E-state index in [4.69, 9.17) is 14.2 Å². The lowest BCUT2D eigenvalue weighted by Crippen LogP contribution is -2.30. The van der Waals surface area contributed by atoms with E-state index in [0.29, 0.717) is 18.3 Å². The van der Waals surface area contributed by atoms with Gasteiger partial charge in [0.2, 0.25) is 11.0 Å². The smallest absolute Gasteiger partial charge is 0.240 e. The Morgan fingerprint density at radius 2 is 2.00 bits per heavy atom. The summed E-state index contributed by atoms with van der Waals surface area (Å²) in [4.78, 5) is 13.8. The fourth-order valence-electron chi connectivity index (χ4n) is 3.16. The number of methoxy groups -OCH3 is 1. The van der Waals surface area contributed by atoms with Gasteiger partial charge in [-0.05, 0) is 13.3 Å². The first-order valence-electron chi connectivity index (χ1n) is 9.44. The maximum atomic E-state index is 5.38. The minimum absolute atomic E-state index is 0.159. The van der Waals surface area contributed by atoms with E-state index < -0.39 is 0 Å². The van der Waals surface area contributed by atoms with Gasteiger partial charge < -0.3 is 14.2 Å². The number of anilines is 1. The van der Waals surface area contributed by atoms with Crippen LogP contribution in [0.2, 0.25) is 0 Å². The summed E-state index contributed by atoms with van der Waals surface area (Å²) in [5, 5.41) is 4.99. The number of hydrogen-bond acceptors (Lipinski definition) is 9. The number of aromatic nitrogens is 4. The molecule has 1 fully saturated rings. The van der Waals surface area contributed by atoms with Crippen LogP contribution in [-0.4, -0.2) is 57.7 Å². The zero-order valence-electron chi connectivity index (χ0n) is 16.1. The summed E-state index contributed by atoms with van der Waals surface area (Å²) in [6.07, 6.45) is 0.892. The molecule has 9 heteroatoms. The molecule has 1 unspecified atom stereocenters. The number of benzene rings is 1. The summed E-state index contributed by atoms with van der Waals surface area (Å²) >= 11 is 1.47. The molecule has 3 heterocycles. The second kappa shape index (κ2) is 8.76. The van der Waals surface area contributed by atoms with Gasteiger partial charge in [-0.1, -0.05) is 35.5 Å². The predicted molar refractivity (Wildman–Crippen MR) is 107 cm³/mol. The van der Waals surface area contributed by atoms with Crippen molar-refractivity contribution in [2.75, 3.05) is 38.2 Å². The molecule has 1 aromatic carbocycles. The highest BCUT2D eigenvalue weighted by molar-refractivity contribution is 7.09. The first-order chi connectivity index (χ1) is 13.7. The second-order valence-electron chi connectivity index (χ2n) is 6.81. The molecule has 1 atom stereocenters. The molecule has 148 valence electrons. The van der Waals surface area contributed by atoms with Crippen molar-refractivity contribution in [2.24, 2.45) is 0 Å². The maximum Gasteiger partial charge on any atom is 0.240 e. The third-order valence-electron chi connectivity index (χ3n) is 4.87. The van der Waals surface area contributed by atoms with Gasteiger partial charge in [0.25, 0.3) is 0 Å². The Balaban J connectivity index is 1.36. The van der Waals surface area contributed by atoms with Gasteiger partial charge in [-0.2, -0.15) is 14.3 Å². The Morgan fingerprint density at radius 1 is 1.14 bits per heavy atom. The van der Waals surface area contributed by atoms with Crippen LogP contribution < -0.4 is 4.90 Å². The summed E-state index contributed by atoms with van der Waals surface area (Å²) in [6.45, 7) is 6.33. The number of ether oxygens (including phenoxy) is 1. The summed E-state index contributed by atoms with van der Waals surface area (Å²) in [7, 11) is 1.64. The van der Waals surface area contributed by atoms with Crippen molar-refractivity contribution in [3.05, 3.63) is 42.0 Å². The molecule has 3 aromatic rings. The van der Waals surface area contributed by atoms with E-state index >= 15 is 0 Å². The lowest BCUT2D eigenvalue weighted by Gasteiger charge is -2.19. The van der Waals surface area contributed by atoms with Crippen molar-refractivity contribution >= 4 is 16.7 Å². The fraction of sp³-hybridized carbons (Fsp3) is 0.474. The topological polar surface area (TPSA) is 80.4 Å². The van der Waals surface area contributed by atoms with Crippen molar-refractivity contribution in [3.63, 3.8) is 0 Å². The minimum atomic E-state index is -0.159. The van der Waals surface area contributed by atoms with Crippen molar-refractivity contribution < 1.29 is 9.26 Å². The van der Waals surface area contributed by atoms with Crippen LogP contribution in [-0.2, 0) is 11.3 Å². The van der Waals surface area contributed by atoms with E-state index in [1.54, 1.807) is 7.11 Å². The molecule has 0 radical (unpaired) electrons. The first kappa shape index (κ1) is 19.0. The lowest BCUT2D eigenvalue weighted by atomic mass is 10.2. The van der Waals surface area contributed by atoms with Crippen LogP contribution in [0, 0.1) is 0 Å². The maximum absolute atomic E-state index is 5.38. The van der Waals surface area contributed by atoms with Gasteiger partial charge in [-0.25, -0.2) is 0 Å². The van der Waals surface area contributed by atoms with Gasteiger partial charge in [0, 0.05) is 50.4 Å². The zero-order valence-corrected chi connectivity index (χ0v) is 16.9. The predicted octanol–water partition coefficient (Wildman–Crippen LogP) is 3.01. The second-order valence-corrected chi connectivity index (χ2v) is 7.54. The summed E-state index contributed by atoms with van der Waals surface area (Å²) < 4.78 is 15.2. The molecule has 4 rings (SSSR count). The van der Waals surface area contributed by atoms with E-state index in [1.165, 1.54) is 11.5 Å². The Hall–Kier alpha value is -2.36. The third-order valence-corrected chi connectivity index (χ3v) is 5.64. The van der Waals surface area contributed by atoms with E-state index in [-0.39, 0.29) is 6.10 Å². The van der Waals surface area contributed by atoms with Gasteiger partial charge >= 0.3 is 0 Å². The van der Waals surface area contributed by atoms with Crippen LogP contribution in [0.25, 0.3) is 11.4 Å². The van der Waals surface area contributed by atoms with E-state index in [1.807, 2.05) is 37.3 Å². The molecule has 0 aliphatic carbocycles. The Kier molecular flexibility index (Phi) is 5.94. The average molecular weight is 401 g/mol. The molecule has 0 amide bonds. The summed E-state index contributed by atoms with van der Waals surface area (Å²) in [6, 6.07) is 10.1. The normalized spacial score (nSPS) is 16.9. The summed E-state index contributed by atoms with van der Waals surface area (Å²) in [5.41, 5.74) is 1.05. The van der Waals surface area contributed by atoms with Gasteiger partial charge in [-0.3, -0.25) is 4.90 Å². The molecule has 0 bridgehead atoms. The minimum Gasteiger partial charge on any atom is -0.374 e. The molecule has 1 aliphatic heterocycles. The molecule has 0 saturated carbocycles. The molecule has 1 saturated heterocycles. The van der Waals surface area contributed by atoms with E-state index in [0.717, 1.165) is 49.1 Å². The molecule has 1 aliphatic rings. The number of nitrogens with zero attached hydrogens (tertiary/aromatic N) is 6. The number of rotatable bonds is 6. The largest absolute Gasteiger partial charge is 0.374 e. The molecule has 28 heavy (non-hydrogen) atoms. The van der Waals surface area contributed by atoms with Crippen molar-refractivity contribution in [1.29, 1.82) is 0 Å². The van der Waals surface area contributed by atoms with Crippen LogP contribution in [0.4, 0.5) is 5.13 Å². The van der Waals surface area contributed by atoms with Crippen LogP contribution in [0.1, 0.15) is 31.2 Å². The standard InChI is InChI=1S/C19H24N6O2S/c1-14(26-2)17-20-16(27-22-17)13-24-9-6-10-25(12-11-24)19-21-18(23-28-19)15-7-4-3-5-8-15/h3-5,7-8,14H,6,9-13H2,1-2H3. The molecule has 2 aromatic heterocycles. The highest BCUT2D eigenvalue weighted by Gasteiger charge is 2.21. The Morgan fingerprint density at radius 3 is 2.82 bits per heavy atom. The Labute approximate surface area is 168 Å². The van der Waals surface area contributed by atoms with Gasteiger partial charge in [-0.15, -0.1) is 0 Å². The lowest BCUT2D eigenvalue weighted by molar-refractivity contribution is 0.109. The quantitative estimate of drug-likeness (QED) is 0.625. The van der Waals surface area contributed by atoms with E-state index in [9.17, 15) is 0 Å². The molecular weight excluding hydrogens is 376 g/mol. The fourth-order valence-corrected chi connectivity index (χ4v) is 3.90. The van der Waals surface area contributed by atoms with Crippen LogP contribution in [0.3, 0.4) is 0 Å². The van der Waals surface area contributed by atoms with Crippen LogP contribution >= 0.6 is 11.5 Å². The monoisotopic (exact) mass is 400 g/mol. The van der Waals surface area contributed by atoms with Crippen molar-refractivity contribution in [2.45, 2.75) is 26.0 Å². The molecule has 0 N–H and O–H groups in total. The highest BCUT2D eigenvalue weighted by atomic mass is 32.1. The number of hydrogen-bond donors (Lipinski definition) is 0. The van der Waals surface area contributed by atoms with Gasteiger partial charge in [0.1, 0.15) is 6.10 Å². The molecule has 8 nitrogen and oxygen atoms in total. The highest BCUT2D eigenvalue weighted by Crippen LogP contribution is 2.25. The van der Waals surface area contributed by atoms with Gasteiger partial charge in [0.05, 0.1) is 6.54 Å². The van der Waals surface area contributed by atoms with Gasteiger partial charge in [0.15, 0.2) is 11.6 Å². The molecular formula is C19H24N6O2S. The Bertz CT molecular complexity index is 883.